The molecule has 22 heavy (non-hydrogen) atoms. The summed E-state index contributed by atoms with van der Waals surface area (Å²) in [5, 5.41) is 0. The lowest BCUT2D eigenvalue weighted by Crippen LogP contribution is -2.05. The van der Waals surface area contributed by atoms with Crippen molar-refractivity contribution in [3.63, 3.8) is 0 Å². The molecular weight excluding hydrogens is 264 g/mol. The molecule has 0 spiro atoms. The van der Waals surface area contributed by atoms with Gasteiger partial charge in [-0.2, -0.15) is 0 Å². The Morgan fingerprint density at radius 1 is 0.727 bits per heavy atom. The van der Waals surface area contributed by atoms with Gasteiger partial charge in [0.15, 0.2) is 0 Å². The Kier molecular flexibility index (Phi) is 5.18. The molecule has 0 heterocycles. The zero-order chi connectivity index (χ0) is 15.4. The predicted octanol–water partition coefficient (Wildman–Crippen LogP) is 6.87. The third-order valence-electron chi connectivity index (χ3n) is 5.82. The van der Waals surface area contributed by atoms with Crippen LogP contribution in [0.2, 0.25) is 0 Å². The monoisotopic (exact) mass is 294 g/mol. The Bertz CT molecular complexity index is 493. The molecule has 0 nitrogen and oxygen atoms in total. The van der Waals surface area contributed by atoms with E-state index in [4.69, 9.17) is 0 Å². The molecule has 0 saturated heterocycles. The van der Waals surface area contributed by atoms with Gasteiger partial charge < -0.3 is 0 Å². The van der Waals surface area contributed by atoms with Crippen LogP contribution in [0, 0.1) is 11.8 Å². The Morgan fingerprint density at radius 2 is 1.14 bits per heavy atom. The van der Waals surface area contributed by atoms with Gasteiger partial charge in [-0.3, -0.25) is 0 Å². The van der Waals surface area contributed by atoms with Crippen molar-refractivity contribution in [3.8, 4) is 0 Å². The van der Waals surface area contributed by atoms with Gasteiger partial charge in [-0.25, -0.2) is 0 Å². The van der Waals surface area contributed by atoms with Crippen molar-refractivity contribution in [2.45, 2.75) is 65.2 Å². The average molecular weight is 294 g/mol. The van der Waals surface area contributed by atoms with Crippen molar-refractivity contribution in [3.05, 3.63) is 47.5 Å². The van der Waals surface area contributed by atoms with Crippen LogP contribution in [0.3, 0.4) is 0 Å². The van der Waals surface area contributed by atoms with E-state index in [2.05, 4.69) is 50.3 Å². The van der Waals surface area contributed by atoms with Crippen molar-refractivity contribution in [2.75, 3.05) is 0 Å². The van der Waals surface area contributed by atoms with Crippen LogP contribution in [0.5, 0.6) is 0 Å². The second-order valence-corrected chi connectivity index (χ2v) is 7.13. The van der Waals surface area contributed by atoms with Gasteiger partial charge >= 0.3 is 0 Å². The van der Waals surface area contributed by atoms with Crippen LogP contribution < -0.4 is 0 Å². The van der Waals surface area contributed by atoms with E-state index in [0.29, 0.717) is 0 Å². The fraction of sp³-hybridized carbons (Fsp3) is 0.545. The minimum atomic E-state index is 0.918. The van der Waals surface area contributed by atoms with E-state index in [9.17, 15) is 0 Å². The maximum Gasteiger partial charge on any atom is -0.0227 e. The molecule has 1 aromatic carbocycles. The Labute approximate surface area is 136 Å². The van der Waals surface area contributed by atoms with Crippen LogP contribution in [0.4, 0.5) is 0 Å². The third-order valence-corrected chi connectivity index (χ3v) is 5.82. The first-order valence-electron chi connectivity index (χ1n) is 9.29. The molecule has 0 fully saturated rings. The fourth-order valence-electron chi connectivity index (χ4n) is 3.94. The van der Waals surface area contributed by atoms with Gasteiger partial charge in [-0.15, -0.1) is 0 Å². The fourth-order valence-corrected chi connectivity index (χ4v) is 3.94. The molecule has 2 aliphatic carbocycles. The summed E-state index contributed by atoms with van der Waals surface area (Å²) >= 11 is 0. The van der Waals surface area contributed by atoms with Crippen molar-refractivity contribution in [2.24, 2.45) is 11.8 Å². The summed E-state index contributed by atoms with van der Waals surface area (Å²) in [5.74, 6) is 1.84. The van der Waals surface area contributed by atoms with Crippen LogP contribution in [0.25, 0.3) is 11.1 Å². The zero-order valence-corrected chi connectivity index (χ0v) is 14.3. The van der Waals surface area contributed by atoms with Crippen LogP contribution in [0.15, 0.2) is 36.4 Å². The van der Waals surface area contributed by atoms with Crippen LogP contribution in [-0.2, 0) is 0 Å². The van der Waals surface area contributed by atoms with Gasteiger partial charge in [0.25, 0.3) is 0 Å². The summed E-state index contributed by atoms with van der Waals surface area (Å²) < 4.78 is 0. The van der Waals surface area contributed by atoms with Gasteiger partial charge in [-0.1, -0.05) is 63.1 Å². The van der Waals surface area contributed by atoms with Crippen molar-refractivity contribution in [1.82, 2.24) is 0 Å². The molecule has 0 aromatic heterocycles. The van der Waals surface area contributed by atoms with Crippen LogP contribution in [0.1, 0.15) is 76.3 Å². The van der Waals surface area contributed by atoms with Gasteiger partial charge in [0.05, 0.1) is 0 Å². The van der Waals surface area contributed by atoms with Crippen molar-refractivity contribution in [1.29, 1.82) is 0 Å². The molecule has 2 unspecified atom stereocenters. The summed E-state index contributed by atoms with van der Waals surface area (Å²) in [5.41, 5.74) is 6.03. The zero-order valence-electron chi connectivity index (χ0n) is 14.3. The smallest absolute Gasteiger partial charge is 0.0227 e. The summed E-state index contributed by atoms with van der Waals surface area (Å²) in [6.07, 6.45) is 15.4. The molecule has 1 aromatic rings. The van der Waals surface area contributed by atoms with Crippen LogP contribution in [-0.4, -0.2) is 0 Å². The lowest BCUT2D eigenvalue weighted by atomic mass is 9.83. The molecule has 0 N–H and O–H groups in total. The molecule has 0 radical (unpaired) electrons. The SMILES string of the molecule is CCC1CC=C(c2ccc(C3=CCC(CC)CC3)cc2)CC1. The van der Waals surface area contributed by atoms with E-state index in [1.807, 2.05) is 0 Å². The second kappa shape index (κ2) is 7.31. The topological polar surface area (TPSA) is 0 Å². The molecule has 0 amide bonds. The first-order chi connectivity index (χ1) is 10.8. The minimum absolute atomic E-state index is 0.918. The van der Waals surface area contributed by atoms with E-state index < -0.39 is 0 Å². The maximum atomic E-state index is 2.48. The normalized spacial score (nSPS) is 25.5. The highest BCUT2D eigenvalue weighted by Gasteiger charge is 2.15. The standard InChI is InChI=1S/C22H30/c1-3-17-5-9-19(10-6-17)21-13-15-22(16-14-21)20-11-7-18(4-2)8-12-20/h9,11,13-18H,3-8,10,12H2,1-2H3. The Morgan fingerprint density at radius 3 is 1.41 bits per heavy atom. The lowest BCUT2D eigenvalue weighted by Gasteiger charge is -2.22. The van der Waals surface area contributed by atoms with Gasteiger partial charge in [0.1, 0.15) is 0 Å². The quantitative estimate of drug-likeness (QED) is 0.568. The summed E-state index contributed by atoms with van der Waals surface area (Å²) in [6.45, 7) is 4.64. The molecule has 0 heteroatoms. The average Bonchev–Trinajstić information content (AvgIpc) is 2.62. The van der Waals surface area contributed by atoms with E-state index in [1.165, 1.54) is 62.5 Å². The van der Waals surface area contributed by atoms with E-state index in [-0.39, 0.29) is 0 Å². The number of rotatable bonds is 4. The molecule has 2 aliphatic rings. The highest BCUT2D eigenvalue weighted by atomic mass is 14.2. The number of hydrogen-bond donors (Lipinski definition) is 0. The van der Waals surface area contributed by atoms with Crippen LogP contribution >= 0.6 is 0 Å². The molecule has 3 rings (SSSR count). The second-order valence-electron chi connectivity index (χ2n) is 7.13. The molecule has 2 atom stereocenters. The number of benzene rings is 1. The summed E-state index contributed by atoms with van der Waals surface area (Å²) in [4.78, 5) is 0. The van der Waals surface area contributed by atoms with E-state index >= 15 is 0 Å². The molecule has 118 valence electrons. The van der Waals surface area contributed by atoms with Gasteiger partial charge in [-0.05, 0) is 72.6 Å². The van der Waals surface area contributed by atoms with Gasteiger partial charge in [0.2, 0.25) is 0 Å². The summed E-state index contributed by atoms with van der Waals surface area (Å²) in [6, 6.07) is 9.39. The summed E-state index contributed by atoms with van der Waals surface area (Å²) in [7, 11) is 0. The highest BCUT2D eigenvalue weighted by molar-refractivity contribution is 5.71. The molecular formula is C22H30. The lowest BCUT2D eigenvalue weighted by molar-refractivity contribution is 0.470. The number of hydrogen-bond acceptors (Lipinski definition) is 0. The first kappa shape index (κ1) is 15.6. The van der Waals surface area contributed by atoms with E-state index in [0.717, 1.165) is 11.8 Å². The minimum Gasteiger partial charge on any atom is -0.0804 e. The van der Waals surface area contributed by atoms with E-state index in [1.54, 1.807) is 11.1 Å². The molecule has 0 bridgehead atoms. The Hall–Kier alpha value is -1.30. The number of allylic oxidation sites excluding steroid dienone is 4. The predicted molar refractivity (Wildman–Crippen MR) is 97.7 cm³/mol. The Balaban J connectivity index is 1.69. The maximum absolute atomic E-state index is 2.48. The molecule has 0 saturated carbocycles. The van der Waals surface area contributed by atoms with Gasteiger partial charge in [0, 0.05) is 0 Å². The largest absolute Gasteiger partial charge is 0.0804 e. The third kappa shape index (κ3) is 3.54. The van der Waals surface area contributed by atoms with Crippen molar-refractivity contribution < 1.29 is 0 Å². The highest BCUT2D eigenvalue weighted by Crippen LogP contribution is 2.34. The van der Waals surface area contributed by atoms with Crippen molar-refractivity contribution >= 4 is 11.1 Å². The molecule has 0 aliphatic heterocycles. The first-order valence-corrected chi connectivity index (χ1v) is 9.29.